The van der Waals surface area contributed by atoms with Gasteiger partial charge in [0, 0.05) is 26.4 Å². The molecule has 0 radical (unpaired) electrons. The van der Waals surface area contributed by atoms with E-state index in [-0.39, 0.29) is 11.5 Å². The van der Waals surface area contributed by atoms with E-state index in [1.54, 1.807) is 0 Å². The molecule has 0 aliphatic rings. The normalized spacial score (nSPS) is 11.9. The molecule has 0 aromatic carbocycles. The van der Waals surface area contributed by atoms with E-state index >= 15 is 0 Å². The zero-order valence-electron chi connectivity index (χ0n) is 18.2. The maximum Gasteiger partial charge on any atom is 0.150 e. The predicted molar refractivity (Wildman–Crippen MR) is 116 cm³/mol. The van der Waals surface area contributed by atoms with Crippen molar-refractivity contribution < 1.29 is 17.9 Å². The molecule has 0 aromatic rings. The van der Waals surface area contributed by atoms with Gasteiger partial charge in [-0.3, -0.25) is 0 Å². The van der Waals surface area contributed by atoms with Crippen molar-refractivity contribution in [3.05, 3.63) is 0 Å². The topological polar surface area (TPSA) is 52.6 Å². The molecule has 0 unspecified atom stereocenters. The lowest BCUT2D eigenvalue weighted by Crippen LogP contribution is -2.15. The molecule has 0 aliphatic heterocycles. The Balaban J connectivity index is 3.34. The largest absolute Gasteiger partial charge is 0.381 e. The van der Waals surface area contributed by atoms with Crippen LogP contribution in [0.15, 0.2) is 0 Å². The first-order valence-corrected chi connectivity index (χ1v) is 13.3. The lowest BCUT2D eigenvalue weighted by Gasteiger charge is -2.07. The molecule has 0 N–H and O–H groups in total. The van der Waals surface area contributed by atoms with Crippen LogP contribution in [0.3, 0.4) is 0 Å². The highest BCUT2D eigenvalue weighted by Gasteiger charge is 2.10. The first kappa shape index (κ1) is 26.9. The van der Waals surface area contributed by atoms with Gasteiger partial charge < -0.3 is 9.47 Å². The summed E-state index contributed by atoms with van der Waals surface area (Å²) in [7, 11) is -2.96. The number of unbranched alkanes of at least 4 members (excludes halogenated alkanes) is 10. The molecule has 0 amide bonds. The molecule has 27 heavy (non-hydrogen) atoms. The van der Waals surface area contributed by atoms with E-state index in [1.165, 1.54) is 64.2 Å². The minimum absolute atomic E-state index is 0.237. The predicted octanol–water partition coefficient (Wildman–Crippen LogP) is 5.94. The third kappa shape index (κ3) is 22.0. The van der Waals surface area contributed by atoms with E-state index < -0.39 is 9.84 Å². The molecular weight excluding hydrogens is 360 g/mol. The second-order valence-corrected chi connectivity index (χ2v) is 9.92. The quantitative estimate of drug-likeness (QED) is 0.209. The Morgan fingerprint density at radius 3 is 1.22 bits per heavy atom. The third-order valence-electron chi connectivity index (χ3n) is 4.77. The van der Waals surface area contributed by atoms with Crippen molar-refractivity contribution in [2.45, 2.75) is 104 Å². The fourth-order valence-corrected chi connectivity index (χ4v) is 4.36. The Labute approximate surface area is 169 Å². The Morgan fingerprint density at radius 2 is 0.815 bits per heavy atom. The fraction of sp³-hybridized carbons (Fsp3) is 1.00. The van der Waals surface area contributed by atoms with E-state index in [0.717, 1.165) is 26.1 Å². The van der Waals surface area contributed by atoms with Gasteiger partial charge in [-0.1, -0.05) is 78.1 Å². The molecule has 0 bridgehead atoms. The standard InChI is InChI=1S/C22H46O4S/c1-3-5-7-9-11-13-17-25-19-15-21-27(23,24)22-16-20-26-18-14-12-10-8-6-4-2/h3-22H2,1-2H3. The molecule has 0 fully saturated rings. The molecule has 0 aromatic heterocycles. The molecule has 0 saturated heterocycles. The SMILES string of the molecule is CCCCCCCCOCCCS(=O)(=O)CCCOCCCCCCCC. The molecule has 0 saturated carbocycles. The van der Waals surface area contributed by atoms with Crippen LogP contribution < -0.4 is 0 Å². The minimum atomic E-state index is -2.96. The molecule has 0 rings (SSSR count). The van der Waals surface area contributed by atoms with Crippen LogP contribution in [0.5, 0.6) is 0 Å². The summed E-state index contributed by atoms with van der Waals surface area (Å²) in [5.74, 6) is 0.474. The van der Waals surface area contributed by atoms with Gasteiger partial charge in [0.2, 0.25) is 0 Å². The Morgan fingerprint density at radius 1 is 0.481 bits per heavy atom. The number of ether oxygens (including phenoxy) is 2. The van der Waals surface area contributed by atoms with E-state index in [9.17, 15) is 8.42 Å². The lowest BCUT2D eigenvalue weighted by atomic mass is 10.1. The van der Waals surface area contributed by atoms with Crippen LogP contribution in [0.1, 0.15) is 104 Å². The van der Waals surface area contributed by atoms with E-state index in [2.05, 4.69) is 13.8 Å². The van der Waals surface area contributed by atoms with Crippen molar-refractivity contribution in [3.63, 3.8) is 0 Å². The molecule has 0 atom stereocenters. The third-order valence-corrected chi connectivity index (χ3v) is 6.59. The highest BCUT2D eigenvalue weighted by molar-refractivity contribution is 7.91. The van der Waals surface area contributed by atoms with Gasteiger partial charge in [-0.15, -0.1) is 0 Å². The zero-order valence-corrected chi connectivity index (χ0v) is 19.0. The van der Waals surface area contributed by atoms with E-state index in [1.807, 2.05) is 0 Å². The molecule has 5 heteroatoms. The van der Waals surface area contributed by atoms with Crippen LogP contribution in [-0.2, 0) is 19.3 Å². The second-order valence-electron chi connectivity index (χ2n) is 7.62. The number of hydrogen-bond acceptors (Lipinski definition) is 4. The first-order chi connectivity index (χ1) is 13.1. The molecule has 0 aliphatic carbocycles. The molecule has 4 nitrogen and oxygen atoms in total. The average Bonchev–Trinajstić information content (AvgIpc) is 2.64. The van der Waals surface area contributed by atoms with E-state index in [0.29, 0.717) is 26.1 Å². The summed E-state index contributed by atoms with van der Waals surface area (Å²) in [5, 5.41) is 0. The summed E-state index contributed by atoms with van der Waals surface area (Å²) in [6.45, 7) is 7.09. The van der Waals surface area contributed by atoms with Gasteiger partial charge in [0.25, 0.3) is 0 Å². The van der Waals surface area contributed by atoms with Crippen LogP contribution in [-0.4, -0.2) is 46.4 Å². The van der Waals surface area contributed by atoms with Gasteiger partial charge in [0.1, 0.15) is 9.84 Å². The van der Waals surface area contributed by atoms with Crippen LogP contribution in [0.2, 0.25) is 0 Å². The van der Waals surface area contributed by atoms with Crippen LogP contribution in [0.25, 0.3) is 0 Å². The summed E-state index contributed by atoms with van der Waals surface area (Å²) in [5.41, 5.74) is 0. The summed E-state index contributed by atoms with van der Waals surface area (Å²) in [6, 6.07) is 0. The van der Waals surface area contributed by atoms with Crippen molar-refractivity contribution in [1.82, 2.24) is 0 Å². The lowest BCUT2D eigenvalue weighted by molar-refractivity contribution is 0.130. The highest BCUT2D eigenvalue weighted by Crippen LogP contribution is 2.06. The number of sulfone groups is 1. The van der Waals surface area contributed by atoms with Gasteiger partial charge >= 0.3 is 0 Å². The molecule has 0 spiro atoms. The van der Waals surface area contributed by atoms with Crippen molar-refractivity contribution in [3.8, 4) is 0 Å². The Kier molecular flexibility index (Phi) is 20.5. The maximum absolute atomic E-state index is 12.0. The smallest absolute Gasteiger partial charge is 0.150 e. The molecular formula is C22H46O4S. The van der Waals surface area contributed by atoms with Gasteiger partial charge in [-0.25, -0.2) is 8.42 Å². The summed E-state index contributed by atoms with van der Waals surface area (Å²) in [6.07, 6.45) is 16.2. The van der Waals surface area contributed by atoms with Crippen LogP contribution >= 0.6 is 0 Å². The van der Waals surface area contributed by atoms with Crippen molar-refractivity contribution >= 4 is 9.84 Å². The monoisotopic (exact) mass is 406 g/mol. The second kappa shape index (κ2) is 20.6. The van der Waals surface area contributed by atoms with Gasteiger partial charge in [0.05, 0.1) is 11.5 Å². The molecule has 0 heterocycles. The Hall–Kier alpha value is -0.130. The maximum atomic E-state index is 12.0. The summed E-state index contributed by atoms with van der Waals surface area (Å²) >= 11 is 0. The zero-order chi connectivity index (χ0) is 20.1. The van der Waals surface area contributed by atoms with Gasteiger partial charge in [0.15, 0.2) is 0 Å². The highest BCUT2D eigenvalue weighted by atomic mass is 32.2. The number of rotatable bonds is 22. The van der Waals surface area contributed by atoms with Crippen molar-refractivity contribution in [2.75, 3.05) is 37.9 Å². The summed E-state index contributed by atoms with van der Waals surface area (Å²) < 4.78 is 35.1. The van der Waals surface area contributed by atoms with E-state index in [4.69, 9.17) is 9.47 Å². The van der Waals surface area contributed by atoms with Crippen LogP contribution in [0.4, 0.5) is 0 Å². The molecule has 164 valence electrons. The van der Waals surface area contributed by atoms with Gasteiger partial charge in [-0.2, -0.15) is 0 Å². The van der Waals surface area contributed by atoms with Crippen LogP contribution in [0, 0.1) is 0 Å². The minimum Gasteiger partial charge on any atom is -0.381 e. The number of hydrogen-bond donors (Lipinski definition) is 0. The van der Waals surface area contributed by atoms with Gasteiger partial charge in [-0.05, 0) is 25.7 Å². The summed E-state index contributed by atoms with van der Waals surface area (Å²) in [4.78, 5) is 0. The first-order valence-electron chi connectivity index (χ1n) is 11.5. The average molecular weight is 407 g/mol. The van der Waals surface area contributed by atoms with Crippen molar-refractivity contribution in [2.24, 2.45) is 0 Å². The van der Waals surface area contributed by atoms with Crippen molar-refractivity contribution in [1.29, 1.82) is 0 Å². The fourth-order valence-electron chi connectivity index (χ4n) is 3.04. The Bertz CT molecular complexity index is 352.